The number of benzene rings is 1. The summed E-state index contributed by atoms with van der Waals surface area (Å²) in [5.74, 6) is 1.69. The second-order valence-electron chi connectivity index (χ2n) is 3.12. The molecule has 0 amide bonds. The predicted molar refractivity (Wildman–Crippen MR) is 50.0 cm³/mol. The van der Waals surface area contributed by atoms with Crippen LogP contribution in [0.3, 0.4) is 0 Å². The van der Waals surface area contributed by atoms with Gasteiger partial charge in [-0.2, -0.15) is 0 Å². The van der Waals surface area contributed by atoms with E-state index in [0.29, 0.717) is 12.8 Å². The van der Waals surface area contributed by atoms with Crippen molar-refractivity contribution in [3.8, 4) is 11.5 Å². The molecular formula is C10H13NO2. The lowest BCUT2D eigenvalue weighted by Crippen LogP contribution is -2.11. The van der Waals surface area contributed by atoms with Crippen LogP contribution in [-0.2, 0) is 0 Å². The summed E-state index contributed by atoms with van der Waals surface area (Å²) >= 11 is 0. The first kappa shape index (κ1) is 8.38. The summed E-state index contributed by atoms with van der Waals surface area (Å²) in [6.45, 7) is 2.45. The van der Waals surface area contributed by atoms with E-state index in [9.17, 15) is 0 Å². The normalized spacial score (nSPS) is 15.8. The molecule has 1 aromatic carbocycles. The maximum absolute atomic E-state index is 5.28. The molecular weight excluding hydrogens is 166 g/mol. The molecule has 3 heteroatoms. The molecule has 0 fully saturated rings. The van der Waals surface area contributed by atoms with Gasteiger partial charge >= 0.3 is 0 Å². The fraction of sp³-hybridized carbons (Fsp3) is 0.400. The zero-order valence-electron chi connectivity index (χ0n) is 7.83. The quantitative estimate of drug-likeness (QED) is 0.749. The highest BCUT2D eigenvalue weighted by molar-refractivity contribution is 5.45. The number of hydrogen-bond donors (Lipinski definition) is 1. The highest BCUT2D eigenvalue weighted by atomic mass is 16.7. The zero-order valence-corrected chi connectivity index (χ0v) is 7.83. The van der Waals surface area contributed by atoms with Gasteiger partial charge in [0.2, 0.25) is 6.79 Å². The number of ether oxygens (including phenoxy) is 2. The van der Waals surface area contributed by atoms with Crippen molar-refractivity contribution >= 4 is 0 Å². The Labute approximate surface area is 77.7 Å². The molecule has 70 valence electrons. The molecule has 0 bridgehead atoms. The molecule has 0 aromatic heterocycles. The van der Waals surface area contributed by atoms with Gasteiger partial charge in [-0.25, -0.2) is 0 Å². The van der Waals surface area contributed by atoms with Crippen molar-refractivity contribution in [2.75, 3.05) is 13.8 Å². The Morgan fingerprint density at radius 3 is 2.85 bits per heavy atom. The fourth-order valence-corrected chi connectivity index (χ4v) is 1.35. The molecule has 1 aliphatic heterocycles. The maximum atomic E-state index is 5.28. The SMILES string of the molecule is CN[C@H](C)c1ccc2c(c1)OCO2. The molecule has 1 aromatic rings. The molecule has 13 heavy (non-hydrogen) atoms. The summed E-state index contributed by atoms with van der Waals surface area (Å²) in [5, 5.41) is 3.18. The molecule has 0 unspecified atom stereocenters. The number of rotatable bonds is 2. The Kier molecular flexibility index (Phi) is 2.10. The van der Waals surface area contributed by atoms with Crippen LogP contribution in [0.2, 0.25) is 0 Å². The van der Waals surface area contributed by atoms with E-state index < -0.39 is 0 Å². The van der Waals surface area contributed by atoms with Crippen molar-refractivity contribution in [3.05, 3.63) is 23.8 Å². The van der Waals surface area contributed by atoms with Crippen LogP contribution in [0.1, 0.15) is 18.5 Å². The van der Waals surface area contributed by atoms with Crippen LogP contribution < -0.4 is 14.8 Å². The van der Waals surface area contributed by atoms with Gasteiger partial charge in [0.25, 0.3) is 0 Å². The lowest BCUT2D eigenvalue weighted by molar-refractivity contribution is 0.174. The van der Waals surface area contributed by atoms with Crippen molar-refractivity contribution < 1.29 is 9.47 Å². The van der Waals surface area contributed by atoms with Gasteiger partial charge < -0.3 is 14.8 Å². The lowest BCUT2D eigenvalue weighted by Gasteiger charge is -2.10. The van der Waals surface area contributed by atoms with Gasteiger partial charge in [-0.1, -0.05) is 6.07 Å². The van der Waals surface area contributed by atoms with Crippen LogP contribution in [0.4, 0.5) is 0 Å². The van der Waals surface area contributed by atoms with E-state index in [4.69, 9.17) is 9.47 Å². The third-order valence-electron chi connectivity index (χ3n) is 2.33. The molecule has 2 rings (SSSR count). The fourth-order valence-electron chi connectivity index (χ4n) is 1.35. The van der Waals surface area contributed by atoms with Gasteiger partial charge in [-0.3, -0.25) is 0 Å². The highest BCUT2D eigenvalue weighted by Crippen LogP contribution is 2.33. The monoisotopic (exact) mass is 179 g/mol. The summed E-state index contributed by atoms with van der Waals surface area (Å²) in [5.41, 5.74) is 1.21. The molecule has 1 atom stereocenters. The van der Waals surface area contributed by atoms with Gasteiger partial charge in [0, 0.05) is 6.04 Å². The zero-order chi connectivity index (χ0) is 9.26. The van der Waals surface area contributed by atoms with Gasteiger partial charge in [-0.15, -0.1) is 0 Å². The largest absolute Gasteiger partial charge is 0.454 e. The number of fused-ring (bicyclic) bond motifs is 1. The lowest BCUT2D eigenvalue weighted by atomic mass is 10.1. The van der Waals surface area contributed by atoms with Gasteiger partial charge in [-0.05, 0) is 31.7 Å². The standard InChI is InChI=1S/C10H13NO2/c1-7(11-2)8-3-4-9-10(5-8)13-6-12-9/h3-5,7,11H,6H2,1-2H3/t7-/m1/s1. The molecule has 1 aliphatic rings. The highest BCUT2D eigenvalue weighted by Gasteiger charge is 2.14. The second kappa shape index (κ2) is 3.26. The summed E-state index contributed by atoms with van der Waals surface area (Å²) in [6, 6.07) is 6.36. The van der Waals surface area contributed by atoms with Crippen molar-refractivity contribution in [1.82, 2.24) is 5.32 Å². The van der Waals surface area contributed by atoms with Gasteiger partial charge in [0.1, 0.15) is 0 Å². The van der Waals surface area contributed by atoms with Crippen LogP contribution in [0.15, 0.2) is 18.2 Å². The van der Waals surface area contributed by atoms with E-state index in [1.165, 1.54) is 5.56 Å². The van der Waals surface area contributed by atoms with Crippen molar-refractivity contribution in [1.29, 1.82) is 0 Å². The predicted octanol–water partition coefficient (Wildman–Crippen LogP) is 1.70. The first-order valence-electron chi connectivity index (χ1n) is 4.38. The van der Waals surface area contributed by atoms with Crippen molar-refractivity contribution in [2.45, 2.75) is 13.0 Å². The van der Waals surface area contributed by atoms with Crippen LogP contribution in [0, 0.1) is 0 Å². The summed E-state index contributed by atoms with van der Waals surface area (Å²) in [6.07, 6.45) is 0. The van der Waals surface area contributed by atoms with Crippen molar-refractivity contribution in [3.63, 3.8) is 0 Å². The minimum absolute atomic E-state index is 0.340. The number of nitrogens with one attached hydrogen (secondary N) is 1. The second-order valence-corrected chi connectivity index (χ2v) is 3.12. The van der Waals surface area contributed by atoms with Crippen LogP contribution >= 0.6 is 0 Å². The molecule has 0 radical (unpaired) electrons. The third kappa shape index (κ3) is 1.47. The Bertz CT molecular complexity index is 312. The Hall–Kier alpha value is -1.22. The first-order chi connectivity index (χ1) is 6.31. The maximum Gasteiger partial charge on any atom is 0.231 e. The van der Waals surface area contributed by atoms with Crippen LogP contribution in [-0.4, -0.2) is 13.8 Å². The molecule has 1 N–H and O–H groups in total. The van der Waals surface area contributed by atoms with Crippen molar-refractivity contribution in [2.24, 2.45) is 0 Å². The summed E-state index contributed by atoms with van der Waals surface area (Å²) in [4.78, 5) is 0. The van der Waals surface area contributed by atoms with Gasteiger partial charge in [0.05, 0.1) is 0 Å². The van der Waals surface area contributed by atoms with E-state index in [1.54, 1.807) is 0 Å². The smallest absolute Gasteiger partial charge is 0.231 e. The minimum atomic E-state index is 0.340. The summed E-state index contributed by atoms with van der Waals surface area (Å²) in [7, 11) is 1.94. The average molecular weight is 179 g/mol. The molecule has 0 spiro atoms. The molecule has 0 saturated carbocycles. The average Bonchev–Trinajstić information content (AvgIpc) is 2.63. The van der Waals surface area contributed by atoms with E-state index in [-0.39, 0.29) is 0 Å². The number of hydrogen-bond acceptors (Lipinski definition) is 3. The van der Waals surface area contributed by atoms with Gasteiger partial charge in [0.15, 0.2) is 11.5 Å². The first-order valence-corrected chi connectivity index (χ1v) is 4.38. The topological polar surface area (TPSA) is 30.5 Å². The Morgan fingerprint density at radius 1 is 1.31 bits per heavy atom. The Balaban J connectivity index is 2.30. The molecule has 0 aliphatic carbocycles. The Morgan fingerprint density at radius 2 is 2.08 bits per heavy atom. The molecule has 0 saturated heterocycles. The van der Waals surface area contributed by atoms with Crippen LogP contribution in [0.5, 0.6) is 11.5 Å². The van der Waals surface area contributed by atoms with E-state index >= 15 is 0 Å². The molecule has 3 nitrogen and oxygen atoms in total. The van der Waals surface area contributed by atoms with E-state index in [1.807, 2.05) is 19.2 Å². The van der Waals surface area contributed by atoms with E-state index in [0.717, 1.165) is 11.5 Å². The molecule has 1 heterocycles. The third-order valence-corrected chi connectivity index (χ3v) is 2.33. The van der Waals surface area contributed by atoms with E-state index in [2.05, 4.69) is 18.3 Å². The minimum Gasteiger partial charge on any atom is -0.454 e. The summed E-state index contributed by atoms with van der Waals surface area (Å²) < 4.78 is 10.5. The van der Waals surface area contributed by atoms with Crippen LogP contribution in [0.25, 0.3) is 0 Å².